The topological polar surface area (TPSA) is 51.9 Å². The lowest BCUT2D eigenvalue weighted by Gasteiger charge is -2.44. The highest BCUT2D eigenvalue weighted by Gasteiger charge is 2.47. The van der Waals surface area contributed by atoms with Crippen molar-refractivity contribution in [3.05, 3.63) is 82.7 Å². The van der Waals surface area contributed by atoms with E-state index in [1.54, 1.807) is 13.4 Å². The van der Waals surface area contributed by atoms with Gasteiger partial charge in [0, 0.05) is 18.7 Å². The fourth-order valence-electron chi connectivity index (χ4n) is 5.34. The van der Waals surface area contributed by atoms with E-state index < -0.39 is 23.5 Å². The number of benzene rings is 2. The molecule has 6 rings (SSSR count). The fourth-order valence-corrected chi connectivity index (χ4v) is 5.34. The molecule has 3 aliphatic rings. The van der Waals surface area contributed by atoms with Crippen LogP contribution < -0.4 is 4.74 Å². The smallest absolute Gasteiger partial charge is 0.194 e. The maximum atomic E-state index is 14.2. The van der Waals surface area contributed by atoms with Crippen molar-refractivity contribution in [3.8, 4) is 11.4 Å². The zero-order chi connectivity index (χ0) is 25.7. The first-order valence-corrected chi connectivity index (χ1v) is 12.5. The molecule has 0 amide bonds. The van der Waals surface area contributed by atoms with Crippen LogP contribution in [0.5, 0.6) is 5.75 Å². The number of piperidine rings is 1. The fraction of sp³-hybridized carbons (Fsp3) is 0.357. The lowest BCUT2D eigenvalue weighted by molar-refractivity contribution is -0.0340. The van der Waals surface area contributed by atoms with Crippen molar-refractivity contribution in [2.75, 3.05) is 13.7 Å². The van der Waals surface area contributed by atoms with E-state index in [1.165, 1.54) is 0 Å². The quantitative estimate of drug-likeness (QED) is 0.400. The molecule has 37 heavy (non-hydrogen) atoms. The number of fused-ring (bicyclic) bond motifs is 1. The lowest BCUT2D eigenvalue weighted by atomic mass is 9.91. The van der Waals surface area contributed by atoms with Gasteiger partial charge < -0.3 is 19.0 Å². The first kappa shape index (κ1) is 23.6. The second-order valence-corrected chi connectivity index (χ2v) is 9.89. The molecule has 0 N–H and O–H groups in total. The Morgan fingerprint density at radius 3 is 2.57 bits per heavy atom. The van der Waals surface area contributed by atoms with E-state index in [-0.39, 0.29) is 12.0 Å². The maximum Gasteiger partial charge on any atom is 0.194 e. The zero-order valence-corrected chi connectivity index (χ0v) is 20.6. The van der Waals surface area contributed by atoms with E-state index in [4.69, 9.17) is 9.57 Å². The van der Waals surface area contributed by atoms with Gasteiger partial charge in [-0.15, -0.1) is 0 Å². The van der Waals surface area contributed by atoms with E-state index in [9.17, 15) is 13.2 Å². The first-order chi connectivity index (χ1) is 17.9. The minimum atomic E-state index is -1.46. The molecule has 1 saturated heterocycles. The molecule has 0 spiro atoms. The molecule has 9 heteroatoms. The highest BCUT2D eigenvalue weighted by atomic mass is 19.2. The van der Waals surface area contributed by atoms with Crippen LogP contribution in [0.4, 0.5) is 13.2 Å². The number of rotatable bonds is 5. The van der Waals surface area contributed by atoms with Gasteiger partial charge in [-0.05, 0) is 79.6 Å². The number of hydrogen-bond donors (Lipinski definition) is 0. The molecule has 192 valence electrons. The molecule has 0 bridgehead atoms. The third-order valence-electron chi connectivity index (χ3n) is 7.28. The van der Waals surface area contributed by atoms with Crippen molar-refractivity contribution in [2.24, 2.45) is 11.1 Å². The number of imidazole rings is 1. The Labute approximate surface area is 213 Å². The summed E-state index contributed by atoms with van der Waals surface area (Å²) >= 11 is 0. The minimum Gasteiger partial charge on any atom is -0.495 e. The highest BCUT2D eigenvalue weighted by Crippen LogP contribution is 2.46. The molecule has 2 aromatic carbocycles. The number of methoxy groups -OCH3 is 1. The van der Waals surface area contributed by atoms with Crippen LogP contribution in [0.1, 0.15) is 48.5 Å². The maximum absolute atomic E-state index is 14.2. The van der Waals surface area contributed by atoms with E-state index >= 15 is 0 Å². The SMILES string of the molecule is COc1cc(/C=C2\CCCN3C2=NOC(C2CC2)[C@@H]3c2cc(F)c(F)c(F)c2)ccc1-n1cnc(C)c1. The number of amidine groups is 1. The third kappa shape index (κ3) is 4.36. The summed E-state index contributed by atoms with van der Waals surface area (Å²) < 4.78 is 49.8. The number of hydrogen-bond acceptors (Lipinski definition) is 5. The number of aryl methyl sites for hydroxylation is 1. The van der Waals surface area contributed by atoms with Gasteiger partial charge >= 0.3 is 0 Å². The second kappa shape index (κ2) is 9.28. The summed E-state index contributed by atoms with van der Waals surface area (Å²) in [6.07, 6.45) is 8.93. The van der Waals surface area contributed by atoms with Gasteiger partial charge in [-0.1, -0.05) is 11.2 Å². The summed E-state index contributed by atoms with van der Waals surface area (Å²) in [5.74, 6) is -2.25. The summed E-state index contributed by atoms with van der Waals surface area (Å²) in [5, 5.41) is 4.49. The molecule has 1 saturated carbocycles. The molecule has 2 aliphatic heterocycles. The summed E-state index contributed by atoms with van der Waals surface area (Å²) in [4.78, 5) is 12.3. The molecule has 3 heterocycles. The lowest BCUT2D eigenvalue weighted by Crippen LogP contribution is -2.49. The second-order valence-electron chi connectivity index (χ2n) is 9.89. The Morgan fingerprint density at radius 2 is 1.89 bits per heavy atom. The monoisotopic (exact) mass is 508 g/mol. The highest BCUT2D eigenvalue weighted by molar-refractivity contribution is 6.03. The Balaban J connectivity index is 1.36. The molecule has 3 aromatic rings. The van der Waals surface area contributed by atoms with E-state index in [0.717, 1.165) is 60.3 Å². The van der Waals surface area contributed by atoms with Gasteiger partial charge in [0.1, 0.15) is 5.75 Å². The van der Waals surface area contributed by atoms with Crippen LogP contribution in [0.3, 0.4) is 0 Å². The number of aromatic nitrogens is 2. The van der Waals surface area contributed by atoms with Crippen LogP contribution in [-0.4, -0.2) is 40.0 Å². The van der Waals surface area contributed by atoms with Crippen LogP contribution in [0.25, 0.3) is 11.8 Å². The molecule has 2 fully saturated rings. The van der Waals surface area contributed by atoms with E-state index in [0.29, 0.717) is 23.7 Å². The van der Waals surface area contributed by atoms with E-state index in [2.05, 4.69) is 15.0 Å². The van der Waals surface area contributed by atoms with E-state index in [1.807, 2.05) is 42.0 Å². The molecule has 2 atom stereocenters. The minimum absolute atomic E-state index is 0.254. The van der Waals surface area contributed by atoms with Gasteiger partial charge in [0.25, 0.3) is 0 Å². The van der Waals surface area contributed by atoms with Gasteiger partial charge in [0.2, 0.25) is 0 Å². The third-order valence-corrected chi connectivity index (χ3v) is 7.28. The van der Waals surface area contributed by atoms with Crippen LogP contribution in [0, 0.1) is 30.3 Å². The van der Waals surface area contributed by atoms with Crippen molar-refractivity contribution >= 4 is 11.9 Å². The van der Waals surface area contributed by atoms with Crippen LogP contribution in [-0.2, 0) is 4.84 Å². The van der Waals surface area contributed by atoms with Gasteiger partial charge in [-0.25, -0.2) is 18.2 Å². The van der Waals surface area contributed by atoms with Crippen LogP contribution in [0.2, 0.25) is 0 Å². The molecule has 0 radical (unpaired) electrons. The Morgan fingerprint density at radius 1 is 1.11 bits per heavy atom. The summed E-state index contributed by atoms with van der Waals surface area (Å²) in [5.41, 5.74) is 4.04. The Bertz CT molecular complexity index is 1390. The summed E-state index contributed by atoms with van der Waals surface area (Å²) in [7, 11) is 1.63. The van der Waals surface area contributed by atoms with Gasteiger partial charge in [-0.2, -0.15) is 0 Å². The molecule has 6 nitrogen and oxygen atoms in total. The van der Waals surface area contributed by atoms with Gasteiger partial charge in [0.15, 0.2) is 29.4 Å². The standard InChI is InChI=1S/C28H27F3N4O2/c1-16-14-34(15-32-16)23-8-5-17(11-24(23)36-2)10-19-4-3-9-35-26(20-12-21(29)25(31)22(30)13-20)27(18-6-7-18)37-33-28(19)35/h5,8,10-15,18,26-27H,3-4,6-7,9H2,1-2H3/b19-10+/t26-,27?/m0/s1. The predicted molar refractivity (Wildman–Crippen MR) is 133 cm³/mol. The molecular weight excluding hydrogens is 481 g/mol. The average molecular weight is 509 g/mol. The van der Waals surface area contributed by atoms with Crippen LogP contribution in [0.15, 0.2) is 53.6 Å². The summed E-state index contributed by atoms with van der Waals surface area (Å²) in [6.45, 7) is 2.59. The van der Waals surface area contributed by atoms with Crippen molar-refractivity contribution < 1.29 is 22.7 Å². The van der Waals surface area contributed by atoms with Crippen LogP contribution >= 0.6 is 0 Å². The van der Waals surface area contributed by atoms with Gasteiger partial charge in [0.05, 0.1) is 30.9 Å². The number of nitrogens with zero attached hydrogens (tertiary/aromatic N) is 4. The Hall–Kier alpha value is -3.75. The predicted octanol–water partition coefficient (Wildman–Crippen LogP) is 5.95. The van der Waals surface area contributed by atoms with Crippen molar-refractivity contribution in [1.29, 1.82) is 0 Å². The summed E-state index contributed by atoms with van der Waals surface area (Å²) in [6, 6.07) is 7.65. The zero-order valence-electron chi connectivity index (χ0n) is 20.6. The first-order valence-electron chi connectivity index (χ1n) is 12.5. The number of oxime groups is 1. The number of ether oxygens (including phenoxy) is 1. The average Bonchev–Trinajstić information content (AvgIpc) is 3.66. The van der Waals surface area contributed by atoms with Gasteiger partial charge in [-0.3, -0.25) is 0 Å². The van der Waals surface area contributed by atoms with Crippen molar-refractivity contribution in [3.63, 3.8) is 0 Å². The van der Waals surface area contributed by atoms with Crippen molar-refractivity contribution in [2.45, 2.75) is 44.8 Å². The number of halogens is 3. The molecule has 1 aliphatic carbocycles. The normalized spacial score (nSPS) is 22.5. The largest absolute Gasteiger partial charge is 0.495 e. The molecule has 1 aromatic heterocycles. The molecule has 1 unspecified atom stereocenters. The Kier molecular flexibility index (Phi) is 5.93. The van der Waals surface area contributed by atoms with Crippen molar-refractivity contribution in [1.82, 2.24) is 14.5 Å². The molecular formula is C28H27F3N4O2.